The van der Waals surface area contributed by atoms with Crippen LogP contribution in [-0.2, 0) is 0 Å². The lowest BCUT2D eigenvalue weighted by molar-refractivity contribution is 0.0957. The van der Waals surface area contributed by atoms with Gasteiger partial charge in [-0.25, -0.2) is 0 Å². The third-order valence-corrected chi connectivity index (χ3v) is 2.36. The van der Waals surface area contributed by atoms with Gasteiger partial charge in [0.1, 0.15) is 5.56 Å². The molecule has 1 heterocycles. The lowest BCUT2D eigenvalue weighted by atomic mass is 10.2. The Morgan fingerprint density at radius 3 is 2.81 bits per heavy atom. The number of carbonyl (C=O) groups excluding carboxylic acids is 1. The van der Waals surface area contributed by atoms with Gasteiger partial charge in [0.05, 0.1) is 19.4 Å². The van der Waals surface area contributed by atoms with E-state index in [1.165, 1.54) is 13.3 Å². The maximum atomic E-state index is 11.6. The van der Waals surface area contributed by atoms with E-state index in [0.29, 0.717) is 17.1 Å². The van der Waals surface area contributed by atoms with Gasteiger partial charge < -0.3 is 14.8 Å². The first-order valence-corrected chi connectivity index (χ1v) is 5.17. The molecule has 0 aromatic carbocycles. The van der Waals surface area contributed by atoms with Crippen molar-refractivity contribution in [3.8, 4) is 11.5 Å². The van der Waals surface area contributed by atoms with Crippen molar-refractivity contribution in [1.82, 2.24) is 10.3 Å². The zero-order valence-electron chi connectivity index (χ0n) is 9.32. The monoisotopic (exact) mass is 222 g/mol. The third kappa shape index (κ3) is 2.08. The highest BCUT2D eigenvalue weighted by Gasteiger charge is 2.27. The second-order valence-electron chi connectivity index (χ2n) is 3.61. The number of methoxy groups -OCH3 is 1. The summed E-state index contributed by atoms with van der Waals surface area (Å²) in [6.07, 6.45) is 5.29. The van der Waals surface area contributed by atoms with Crippen molar-refractivity contribution < 1.29 is 14.3 Å². The van der Waals surface area contributed by atoms with E-state index in [0.717, 1.165) is 12.8 Å². The summed E-state index contributed by atoms with van der Waals surface area (Å²) in [5, 5.41) is 2.55. The molecule has 0 bridgehead atoms. The maximum Gasteiger partial charge on any atom is 0.256 e. The highest BCUT2D eigenvalue weighted by Crippen LogP contribution is 2.35. The van der Waals surface area contributed by atoms with Gasteiger partial charge in [0.25, 0.3) is 5.91 Å². The van der Waals surface area contributed by atoms with Gasteiger partial charge in [0.15, 0.2) is 11.5 Å². The summed E-state index contributed by atoms with van der Waals surface area (Å²) in [6, 6.07) is 0. The Morgan fingerprint density at radius 2 is 2.25 bits per heavy atom. The number of carbonyl (C=O) groups is 1. The van der Waals surface area contributed by atoms with Gasteiger partial charge in [-0.05, 0) is 12.8 Å². The highest BCUT2D eigenvalue weighted by atomic mass is 16.5. The van der Waals surface area contributed by atoms with E-state index in [4.69, 9.17) is 9.47 Å². The van der Waals surface area contributed by atoms with Crippen LogP contribution in [-0.4, -0.2) is 31.2 Å². The molecule has 1 saturated carbocycles. The molecule has 1 aliphatic carbocycles. The molecular formula is C11H14N2O3. The Morgan fingerprint density at radius 1 is 1.50 bits per heavy atom. The molecule has 16 heavy (non-hydrogen) atoms. The Hall–Kier alpha value is -1.78. The van der Waals surface area contributed by atoms with E-state index < -0.39 is 0 Å². The highest BCUT2D eigenvalue weighted by molar-refractivity contribution is 5.97. The number of nitrogens with zero attached hydrogens (tertiary/aromatic N) is 1. The van der Waals surface area contributed by atoms with Crippen LogP contribution in [0.4, 0.5) is 0 Å². The van der Waals surface area contributed by atoms with Crippen LogP contribution in [0.25, 0.3) is 0 Å². The second-order valence-corrected chi connectivity index (χ2v) is 3.61. The topological polar surface area (TPSA) is 60.5 Å². The molecule has 0 aliphatic heterocycles. The quantitative estimate of drug-likeness (QED) is 0.825. The second kappa shape index (κ2) is 4.38. The standard InChI is InChI=1S/C11H14N2O3/c1-12-11(14)8-5-13-6-9(15-2)10(8)16-7-3-4-7/h5-7H,3-4H2,1-2H3,(H,12,14). The van der Waals surface area contributed by atoms with Crippen molar-refractivity contribution in [1.29, 1.82) is 0 Å². The van der Waals surface area contributed by atoms with Crippen molar-refractivity contribution in [2.24, 2.45) is 0 Å². The summed E-state index contributed by atoms with van der Waals surface area (Å²) in [7, 11) is 3.10. The molecule has 2 rings (SSSR count). The Kier molecular flexibility index (Phi) is 2.94. The fourth-order valence-corrected chi connectivity index (χ4v) is 1.35. The smallest absolute Gasteiger partial charge is 0.256 e. The minimum atomic E-state index is -0.220. The van der Waals surface area contributed by atoms with Gasteiger partial charge >= 0.3 is 0 Å². The van der Waals surface area contributed by atoms with Gasteiger partial charge in [0.2, 0.25) is 0 Å². The minimum Gasteiger partial charge on any atom is -0.491 e. The summed E-state index contributed by atoms with van der Waals surface area (Å²) in [5.41, 5.74) is 0.411. The summed E-state index contributed by atoms with van der Waals surface area (Å²) in [5.74, 6) is 0.759. The predicted molar refractivity (Wildman–Crippen MR) is 57.8 cm³/mol. The van der Waals surface area contributed by atoms with Crippen LogP contribution in [0.1, 0.15) is 23.2 Å². The molecule has 0 atom stereocenters. The molecule has 5 heteroatoms. The SMILES string of the molecule is CNC(=O)c1cncc(OC)c1OC1CC1. The third-order valence-electron chi connectivity index (χ3n) is 2.36. The van der Waals surface area contributed by atoms with Crippen LogP contribution in [0, 0.1) is 0 Å². The summed E-state index contributed by atoms with van der Waals surface area (Å²) in [6.45, 7) is 0. The normalized spacial score (nSPS) is 14.4. The first kappa shape index (κ1) is 10.7. The minimum absolute atomic E-state index is 0.208. The van der Waals surface area contributed by atoms with E-state index in [2.05, 4.69) is 10.3 Å². The van der Waals surface area contributed by atoms with Crippen molar-refractivity contribution in [3.63, 3.8) is 0 Å². The molecule has 1 aromatic rings. The number of amides is 1. The zero-order valence-corrected chi connectivity index (χ0v) is 9.32. The lowest BCUT2D eigenvalue weighted by Crippen LogP contribution is -2.19. The molecule has 5 nitrogen and oxygen atoms in total. The van der Waals surface area contributed by atoms with Gasteiger partial charge in [-0.15, -0.1) is 0 Å². The van der Waals surface area contributed by atoms with Crippen LogP contribution in [0.15, 0.2) is 12.4 Å². The molecule has 0 spiro atoms. The van der Waals surface area contributed by atoms with Gasteiger partial charge in [-0.1, -0.05) is 0 Å². The predicted octanol–water partition coefficient (Wildman–Crippen LogP) is 0.991. The number of rotatable bonds is 4. The van der Waals surface area contributed by atoms with Crippen molar-refractivity contribution in [2.75, 3.05) is 14.2 Å². The van der Waals surface area contributed by atoms with Crippen LogP contribution in [0.3, 0.4) is 0 Å². The number of pyridine rings is 1. The van der Waals surface area contributed by atoms with E-state index >= 15 is 0 Å². The fourth-order valence-electron chi connectivity index (χ4n) is 1.35. The molecule has 86 valence electrons. The molecule has 1 aromatic heterocycles. The maximum absolute atomic E-state index is 11.6. The Balaban J connectivity index is 2.36. The van der Waals surface area contributed by atoms with Crippen LogP contribution in [0.5, 0.6) is 11.5 Å². The van der Waals surface area contributed by atoms with Crippen LogP contribution in [0.2, 0.25) is 0 Å². The zero-order chi connectivity index (χ0) is 11.5. The van der Waals surface area contributed by atoms with Gasteiger partial charge in [0, 0.05) is 13.2 Å². The number of aromatic nitrogens is 1. The first-order valence-electron chi connectivity index (χ1n) is 5.17. The average molecular weight is 222 g/mol. The van der Waals surface area contributed by atoms with E-state index in [1.807, 2.05) is 0 Å². The first-order chi connectivity index (χ1) is 7.76. The number of ether oxygens (including phenoxy) is 2. The fraction of sp³-hybridized carbons (Fsp3) is 0.455. The average Bonchev–Trinajstić information content (AvgIpc) is 3.12. The molecule has 0 radical (unpaired) electrons. The molecule has 0 saturated heterocycles. The lowest BCUT2D eigenvalue weighted by Gasteiger charge is -2.12. The molecule has 0 unspecified atom stereocenters. The Labute approximate surface area is 93.8 Å². The van der Waals surface area contributed by atoms with Crippen molar-refractivity contribution in [2.45, 2.75) is 18.9 Å². The summed E-state index contributed by atoms with van der Waals surface area (Å²) in [4.78, 5) is 15.6. The largest absolute Gasteiger partial charge is 0.491 e. The van der Waals surface area contributed by atoms with Gasteiger partial charge in [-0.2, -0.15) is 0 Å². The van der Waals surface area contributed by atoms with Crippen molar-refractivity contribution in [3.05, 3.63) is 18.0 Å². The van der Waals surface area contributed by atoms with E-state index in [1.54, 1.807) is 13.2 Å². The molecule has 1 fully saturated rings. The Bertz CT molecular complexity index is 402. The van der Waals surface area contributed by atoms with Crippen molar-refractivity contribution >= 4 is 5.91 Å². The van der Waals surface area contributed by atoms with E-state index in [-0.39, 0.29) is 12.0 Å². The van der Waals surface area contributed by atoms with E-state index in [9.17, 15) is 4.79 Å². The molecule has 1 N–H and O–H groups in total. The molecule has 1 aliphatic rings. The summed E-state index contributed by atoms with van der Waals surface area (Å²) >= 11 is 0. The van der Waals surface area contributed by atoms with Crippen LogP contribution >= 0.6 is 0 Å². The molecule has 1 amide bonds. The number of nitrogens with one attached hydrogen (secondary N) is 1. The van der Waals surface area contributed by atoms with Gasteiger partial charge in [-0.3, -0.25) is 9.78 Å². The molecular weight excluding hydrogens is 208 g/mol. The number of hydrogen-bond acceptors (Lipinski definition) is 4. The van der Waals surface area contributed by atoms with Crippen LogP contribution < -0.4 is 14.8 Å². The number of hydrogen-bond donors (Lipinski definition) is 1. The summed E-state index contributed by atoms with van der Waals surface area (Å²) < 4.78 is 10.8.